The van der Waals surface area contributed by atoms with Crippen LogP contribution in [-0.2, 0) is 10.0 Å². The highest BCUT2D eigenvalue weighted by atomic mass is 32.2. The van der Waals surface area contributed by atoms with Crippen LogP contribution in [0.3, 0.4) is 0 Å². The summed E-state index contributed by atoms with van der Waals surface area (Å²) >= 11 is 1.37. The van der Waals surface area contributed by atoms with Crippen LogP contribution in [0.15, 0.2) is 76.7 Å². The predicted molar refractivity (Wildman–Crippen MR) is 146 cm³/mol. The second-order valence-corrected chi connectivity index (χ2v) is 11.7. The normalized spacial score (nSPS) is 14.4. The van der Waals surface area contributed by atoms with Gasteiger partial charge in [0, 0.05) is 18.7 Å². The molecule has 0 bridgehead atoms. The molecular weight excluding hydrogens is 508 g/mol. The molecule has 0 atom stereocenters. The highest BCUT2D eigenvalue weighted by Crippen LogP contribution is 2.31. The Bertz CT molecular complexity index is 1560. The number of carbonyl (C=O) groups is 1. The fourth-order valence-corrected chi connectivity index (χ4v) is 6.62. The van der Waals surface area contributed by atoms with Crippen molar-refractivity contribution >= 4 is 48.8 Å². The van der Waals surface area contributed by atoms with Gasteiger partial charge in [0.15, 0.2) is 0 Å². The van der Waals surface area contributed by atoms with E-state index in [1.165, 1.54) is 44.9 Å². The van der Waals surface area contributed by atoms with Gasteiger partial charge in [0.25, 0.3) is 5.91 Å². The average molecular weight is 535 g/mol. The van der Waals surface area contributed by atoms with Crippen LogP contribution in [0, 0.1) is 6.92 Å². The van der Waals surface area contributed by atoms with Gasteiger partial charge in [-0.1, -0.05) is 17.4 Å². The van der Waals surface area contributed by atoms with Crippen molar-refractivity contribution in [3.63, 3.8) is 0 Å². The van der Waals surface area contributed by atoms with E-state index in [1.54, 1.807) is 13.3 Å². The summed E-state index contributed by atoms with van der Waals surface area (Å²) < 4.78 is 33.4. The second-order valence-electron chi connectivity index (χ2n) is 8.74. The zero-order valence-corrected chi connectivity index (χ0v) is 22.1. The van der Waals surface area contributed by atoms with E-state index in [2.05, 4.69) is 10.1 Å². The number of methoxy groups -OCH3 is 1. The fraction of sp³-hybridized carbons (Fsp3) is 0.222. The number of fused-ring (bicyclic) bond motifs is 1. The van der Waals surface area contributed by atoms with Crippen molar-refractivity contribution in [2.45, 2.75) is 24.7 Å². The first-order valence-corrected chi connectivity index (χ1v) is 14.1. The minimum absolute atomic E-state index is 0.176. The molecular formula is C27H26N4O4S2. The second kappa shape index (κ2) is 10.4. The fourth-order valence-electron chi connectivity index (χ4n) is 4.08. The summed E-state index contributed by atoms with van der Waals surface area (Å²) in [7, 11) is -1.97. The number of sulfonamides is 1. The lowest BCUT2D eigenvalue weighted by Crippen LogP contribution is -2.28. The van der Waals surface area contributed by atoms with Crippen LogP contribution < -0.4 is 9.75 Å². The minimum Gasteiger partial charge on any atom is -0.497 e. The number of hydrogen-bond donors (Lipinski definition) is 0. The van der Waals surface area contributed by atoms with Gasteiger partial charge in [0.2, 0.25) is 15.2 Å². The van der Waals surface area contributed by atoms with E-state index in [0.29, 0.717) is 23.8 Å². The maximum absolute atomic E-state index is 13.6. The SMILES string of the molecule is COc1ccc(/C=N/N(C(=O)c2ccc(S(=O)(=O)N3CCCC3)cc2)c2nc3ccc(C)cc3s2)cc1. The molecule has 4 aromatic rings. The smallest absolute Gasteiger partial charge is 0.280 e. The summed E-state index contributed by atoms with van der Waals surface area (Å²) in [6, 6.07) is 19.2. The quantitative estimate of drug-likeness (QED) is 0.244. The Balaban J connectivity index is 1.48. The average Bonchev–Trinajstić information content (AvgIpc) is 3.60. The molecule has 8 nitrogen and oxygen atoms in total. The molecule has 3 aromatic carbocycles. The zero-order chi connectivity index (χ0) is 26.0. The number of aryl methyl sites for hydroxylation is 1. The number of anilines is 1. The van der Waals surface area contributed by atoms with Crippen molar-refractivity contribution in [1.29, 1.82) is 0 Å². The highest BCUT2D eigenvalue weighted by molar-refractivity contribution is 7.89. The first-order valence-electron chi connectivity index (χ1n) is 11.8. The van der Waals surface area contributed by atoms with Gasteiger partial charge in [0.1, 0.15) is 5.75 Å². The Kier molecular flexibility index (Phi) is 7.05. The molecule has 0 unspecified atom stereocenters. The van der Waals surface area contributed by atoms with Gasteiger partial charge in [-0.05, 0) is 91.6 Å². The summed E-state index contributed by atoms with van der Waals surface area (Å²) in [4.78, 5) is 18.4. The molecule has 1 aromatic heterocycles. The van der Waals surface area contributed by atoms with Crippen LogP contribution >= 0.6 is 11.3 Å². The molecule has 0 saturated carbocycles. The van der Waals surface area contributed by atoms with Crippen molar-refractivity contribution < 1.29 is 17.9 Å². The van der Waals surface area contributed by atoms with Crippen molar-refractivity contribution in [2.75, 3.05) is 25.2 Å². The monoisotopic (exact) mass is 534 g/mol. The standard InChI is InChI=1S/C27H26N4O4S2/c1-19-5-14-24-25(17-19)36-27(29-24)31(28-18-20-6-10-22(35-2)11-7-20)26(32)21-8-12-23(13-9-21)37(33,34)30-15-3-4-16-30/h5-14,17-18H,3-4,15-16H2,1-2H3/b28-18+. The Hall–Kier alpha value is -3.60. The predicted octanol–water partition coefficient (Wildman–Crippen LogP) is 5.08. The summed E-state index contributed by atoms with van der Waals surface area (Å²) in [6.45, 7) is 3.04. The Morgan fingerprint density at radius 1 is 1.05 bits per heavy atom. The maximum Gasteiger partial charge on any atom is 0.280 e. The zero-order valence-electron chi connectivity index (χ0n) is 20.5. The Morgan fingerprint density at radius 3 is 2.43 bits per heavy atom. The first-order chi connectivity index (χ1) is 17.8. The molecule has 2 heterocycles. The number of aromatic nitrogens is 1. The number of hydrogen-bond acceptors (Lipinski definition) is 7. The number of nitrogens with zero attached hydrogens (tertiary/aromatic N) is 4. The summed E-state index contributed by atoms with van der Waals surface area (Å²) in [5, 5.41) is 6.17. The number of rotatable bonds is 7. The lowest BCUT2D eigenvalue weighted by molar-refractivity contribution is 0.0987. The minimum atomic E-state index is -3.57. The molecule has 0 spiro atoms. The molecule has 1 fully saturated rings. The Morgan fingerprint density at radius 2 is 1.76 bits per heavy atom. The van der Waals surface area contributed by atoms with Gasteiger partial charge in [-0.15, -0.1) is 0 Å². The number of amides is 1. The van der Waals surface area contributed by atoms with E-state index in [9.17, 15) is 13.2 Å². The topological polar surface area (TPSA) is 92.2 Å². The van der Waals surface area contributed by atoms with Gasteiger partial charge in [-0.2, -0.15) is 14.4 Å². The van der Waals surface area contributed by atoms with E-state index in [1.807, 2.05) is 49.4 Å². The number of thiazole rings is 1. The summed E-state index contributed by atoms with van der Waals surface area (Å²) in [5.74, 6) is 0.307. The molecule has 37 heavy (non-hydrogen) atoms. The highest BCUT2D eigenvalue weighted by Gasteiger charge is 2.28. The van der Waals surface area contributed by atoms with Crippen LogP contribution in [0.5, 0.6) is 5.75 Å². The largest absolute Gasteiger partial charge is 0.497 e. The van der Waals surface area contributed by atoms with Crippen molar-refractivity contribution in [3.05, 3.63) is 83.4 Å². The van der Waals surface area contributed by atoms with Crippen LogP contribution in [0.2, 0.25) is 0 Å². The number of ether oxygens (including phenoxy) is 1. The number of carbonyl (C=O) groups excluding carboxylic acids is 1. The summed E-state index contributed by atoms with van der Waals surface area (Å²) in [6.07, 6.45) is 3.30. The van der Waals surface area contributed by atoms with Crippen molar-refractivity contribution in [3.8, 4) is 5.75 Å². The third kappa shape index (κ3) is 5.27. The third-order valence-corrected chi connectivity index (χ3v) is 9.05. The molecule has 1 amide bonds. The van der Waals surface area contributed by atoms with Gasteiger partial charge >= 0.3 is 0 Å². The van der Waals surface area contributed by atoms with Gasteiger partial charge < -0.3 is 4.74 Å². The van der Waals surface area contributed by atoms with Crippen LogP contribution in [0.25, 0.3) is 10.2 Å². The molecule has 1 aliphatic heterocycles. The maximum atomic E-state index is 13.6. The molecule has 0 N–H and O–H groups in total. The third-order valence-electron chi connectivity index (χ3n) is 6.15. The summed E-state index contributed by atoms with van der Waals surface area (Å²) in [5.41, 5.74) is 2.96. The van der Waals surface area contributed by atoms with Crippen molar-refractivity contribution in [2.24, 2.45) is 5.10 Å². The van der Waals surface area contributed by atoms with E-state index in [-0.39, 0.29) is 4.90 Å². The van der Waals surface area contributed by atoms with Gasteiger partial charge in [-0.25, -0.2) is 13.4 Å². The molecule has 0 radical (unpaired) electrons. The van der Waals surface area contributed by atoms with E-state index in [4.69, 9.17) is 4.74 Å². The number of hydrazone groups is 1. The van der Waals surface area contributed by atoms with Crippen LogP contribution in [0.1, 0.15) is 34.3 Å². The number of benzene rings is 3. The molecule has 0 aliphatic carbocycles. The van der Waals surface area contributed by atoms with Crippen LogP contribution in [-0.4, -0.2) is 50.0 Å². The first kappa shape index (κ1) is 25.1. The lowest BCUT2D eigenvalue weighted by Gasteiger charge is -2.16. The van der Waals surface area contributed by atoms with E-state index >= 15 is 0 Å². The molecule has 5 rings (SSSR count). The Labute approximate surface area is 219 Å². The van der Waals surface area contributed by atoms with Crippen molar-refractivity contribution in [1.82, 2.24) is 9.29 Å². The molecule has 1 saturated heterocycles. The van der Waals surface area contributed by atoms with Gasteiger partial charge in [-0.3, -0.25) is 4.79 Å². The lowest BCUT2D eigenvalue weighted by atomic mass is 10.2. The molecule has 10 heteroatoms. The van der Waals surface area contributed by atoms with Crippen LogP contribution in [0.4, 0.5) is 5.13 Å². The molecule has 1 aliphatic rings. The van der Waals surface area contributed by atoms with E-state index in [0.717, 1.165) is 39.9 Å². The molecule has 190 valence electrons. The van der Waals surface area contributed by atoms with Gasteiger partial charge in [0.05, 0.1) is 28.4 Å². The van der Waals surface area contributed by atoms with E-state index < -0.39 is 15.9 Å².